The van der Waals surface area contributed by atoms with Gasteiger partial charge < -0.3 is 14.5 Å². The highest BCUT2D eigenvalue weighted by Crippen LogP contribution is 2.43. The Morgan fingerprint density at radius 3 is 2.48 bits per heavy atom. The van der Waals surface area contributed by atoms with Crippen molar-refractivity contribution in [1.29, 1.82) is 0 Å². The third kappa shape index (κ3) is 3.85. The van der Waals surface area contributed by atoms with Crippen LogP contribution in [0.25, 0.3) is 0 Å². The van der Waals surface area contributed by atoms with Gasteiger partial charge in [0.25, 0.3) is 5.91 Å². The van der Waals surface area contributed by atoms with Crippen LogP contribution in [0, 0.1) is 5.41 Å². The van der Waals surface area contributed by atoms with Gasteiger partial charge in [0.05, 0.1) is 5.41 Å². The SMILES string of the molecule is CSc1ccc(C(=O)N2CCC3(CC2)CC(CN(C)C)OC3=O)cc1. The minimum absolute atomic E-state index is 0.0242. The van der Waals surface area contributed by atoms with Crippen LogP contribution in [-0.4, -0.2) is 67.8 Å². The molecule has 5 nitrogen and oxygen atoms in total. The van der Waals surface area contributed by atoms with E-state index in [0.29, 0.717) is 31.5 Å². The predicted octanol–water partition coefficient (Wildman–Crippen LogP) is 2.51. The second-order valence-electron chi connectivity index (χ2n) is 7.29. The predicted molar refractivity (Wildman–Crippen MR) is 98.8 cm³/mol. The maximum Gasteiger partial charge on any atom is 0.312 e. The van der Waals surface area contributed by atoms with Crippen molar-refractivity contribution >= 4 is 23.6 Å². The first kappa shape index (κ1) is 18.3. The van der Waals surface area contributed by atoms with E-state index in [4.69, 9.17) is 4.74 Å². The molecule has 2 aliphatic rings. The zero-order valence-corrected chi connectivity index (χ0v) is 16.0. The van der Waals surface area contributed by atoms with Gasteiger partial charge in [-0.2, -0.15) is 0 Å². The van der Waals surface area contributed by atoms with Crippen LogP contribution >= 0.6 is 11.8 Å². The monoisotopic (exact) mass is 362 g/mol. The number of carbonyl (C=O) groups excluding carboxylic acids is 2. The topological polar surface area (TPSA) is 49.9 Å². The lowest BCUT2D eigenvalue weighted by molar-refractivity contribution is -0.150. The van der Waals surface area contributed by atoms with E-state index in [0.717, 1.165) is 17.9 Å². The number of thioether (sulfide) groups is 1. The molecule has 1 aromatic rings. The number of hydrogen-bond donors (Lipinski definition) is 0. The lowest BCUT2D eigenvalue weighted by atomic mass is 9.76. The largest absolute Gasteiger partial charge is 0.461 e. The Morgan fingerprint density at radius 1 is 1.28 bits per heavy atom. The van der Waals surface area contributed by atoms with Crippen molar-refractivity contribution in [3.05, 3.63) is 29.8 Å². The van der Waals surface area contributed by atoms with Crippen molar-refractivity contribution in [2.45, 2.75) is 30.3 Å². The van der Waals surface area contributed by atoms with Crippen LogP contribution < -0.4 is 0 Å². The summed E-state index contributed by atoms with van der Waals surface area (Å²) in [6, 6.07) is 7.72. The molecule has 2 fully saturated rings. The van der Waals surface area contributed by atoms with Crippen molar-refractivity contribution in [3.8, 4) is 0 Å². The minimum atomic E-state index is -0.389. The van der Waals surface area contributed by atoms with Crippen LogP contribution in [-0.2, 0) is 9.53 Å². The number of esters is 1. The zero-order valence-electron chi connectivity index (χ0n) is 15.2. The summed E-state index contributed by atoms with van der Waals surface area (Å²) in [5, 5.41) is 0. The highest BCUT2D eigenvalue weighted by Gasteiger charge is 2.50. The molecule has 2 aliphatic heterocycles. The van der Waals surface area contributed by atoms with Gasteiger partial charge >= 0.3 is 5.97 Å². The Balaban J connectivity index is 1.61. The average Bonchev–Trinajstić information content (AvgIpc) is 2.89. The van der Waals surface area contributed by atoms with Crippen molar-refractivity contribution in [3.63, 3.8) is 0 Å². The molecule has 25 heavy (non-hydrogen) atoms. The molecule has 6 heteroatoms. The van der Waals surface area contributed by atoms with E-state index in [-0.39, 0.29) is 23.4 Å². The Bertz CT molecular complexity index is 637. The number of likely N-dealkylation sites (tertiary alicyclic amines) is 1. The second kappa shape index (κ2) is 7.38. The number of likely N-dealkylation sites (N-methyl/N-ethyl adjacent to an activating group) is 1. The normalized spacial score (nSPS) is 22.5. The van der Waals surface area contributed by atoms with Gasteiger partial charge in [0.1, 0.15) is 6.10 Å². The maximum absolute atomic E-state index is 12.7. The fraction of sp³-hybridized carbons (Fsp3) is 0.579. The van der Waals surface area contributed by atoms with Crippen molar-refractivity contribution in [1.82, 2.24) is 9.80 Å². The molecule has 1 spiro atoms. The third-order valence-electron chi connectivity index (χ3n) is 5.24. The van der Waals surface area contributed by atoms with Crippen LogP contribution in [0.3, 0.4) is 0 Å². The van der Waals surface area contributed by atoms with E-state index in [2.05, 4.69) is 0 Å². The molecule has 0 aliphatic carbocycles. The summed E-state index contributed by atoms with van der Waals surface area (Å²) in [5.74, 6) is -0.0190. The number of benzene rings is 1. The molecule has 1 amide bonds. The second-order valence-corrected chi connectivity index (χ2v) is 8.17. The van der Waals surface area contributed by atoms with Crippen LogP contribution in [0.1, 0.15) is 29.6 Å². The summed E-state index contributed by atoms with van der Waals surface area (Å²) in [6.45, 7) is 2.00. The van der Waals surface area contributed by atoms with Crippen LogP contribution in [0.2, 0.25) is 0 Å². The molecular weight excluding hydrogens is 336 g/mol. The van der Waals surface area contributed by atoms with Gasteiger partial charge in [-0.15, -0.1) is 11.8 Å². The zero-order chi connectivity index (χ0) is 18.0. The number of piperidine rings is 1. The molecule has 1 unspecified atom stereocenters. The lowest BCUT2D eigenvalue weighted by Crippen LogP contribution is -2.45. The molecule has 3 rings (SSSR count). The molecule has 0 aromatic heterocycles. The van der Waals surface area contributed by atoms with E-state index in [1.807, 2.05) is 54.4 Å². The van der Waals surface area contributed by atoms with E-state index in [1.165, 1.54) is 0 Å². The highest BCUT2D eigenvalue weighted by molar-refractivity contribution is 7.98. The Morgan fingerprint density at radius 2 is 1.92 bits per heavy atom. The van der Waals surface area contributed by atoms with E-state index >= 15 is 0 Å². The van der Waals surface area contributed by atoms with Crippen LogP contribution in [0.15, 0.2) is 29.2 Å². The Kier molecular flexibility index (Phi) is 5.39. The van der Waals surface area contributed by atoms with E-state index in [1.54, 1.807) is 11.8 Å². The molecule has 2 saturated heterocycles. The summed E-state index contributed by atoms with van der Waals surface area (Å²) >= 11 is 1.66. The highest BCUT2D eigenvalue weighted by atomic mass is 32.2. The summed E-state index contributed by atoms with van der Waals surface area (Å²) in [7, 11) is 3.98. The van der Waals surface area contributed by atoms with Crippen molar-refractivity contribution in [2.24, 2.45) is 5.41 Å². The van der Waals surface area contributed by atoms with Gasteiger partial charge in [-0.1, -0.05) is 0 Å². The van der Waals surface area contributed by atoms with E-state index < -0.39 is 0 Å². The van der Waals surface area contributed by atoms with Crippen molar-refractivity contribution in [2.75, 3.05) is 40.0 Å². The first-order valence-electron chi connectivity index (χ1n) is 8.73. The van der Waals surface area contributed by atoms with Crippen LogP contribution in [0.4, 0.5) is 0 Å². The van der Waals surface area contributed by atoms with E-state index in [9.17, 15) is 9.59 Å². The third-order valence-corrected chi connectivity index (χ3v) is 5.98. The number of cyclic esters (lactones) is 1. The van der Waals surface area contributed by atoms with Gasteiger partial charge in [-0.3, -0.25) is 9.59 Å². The summed E-state index contributed by atoms with van der Waals surface area (Å²) in [5.41, 5.74) is 0.327. The summed E-state index contributed by atoms with van der Waals surface area (Å²) in [6.07, 6.45) is 4.16. The summed E-state index contributed by atoms with van der Waals surface area (Å²) < 4.78 is 5.58. The molecule has 2 heterocycles. The first-order valence-corrected chi connectivity index (χ1v) is 9.95. The van der Waals surface area contributed by atoms with Gasteiger partial charge in [0.2, 0.25) is 0 Å². The lowest BCUT2D eigenvalue weighted by Gasteiger charge is -2.36. The molecular formula is C19H26N2O3S. The average molecular weight is 362 g/mol. The molecule has 0 N–H and O–H groups in total. The quantitative estimate of drug-likeness (QED) is 0.608. The van der Waals surface area contributed by atoms with Gasteiger partial charge in [0.15, 0.2) is 0 Å². The van der Waals surface area contributed by atoms with Gasteiger partial charge in [0, 0.05) is 36.5 Å². The number of carbonyl (C=O) groups is 2. The fourth-order valence-electron chi connectivity index (χ4n) is 3.81. The number of hydrogen-bond acceptors (Lipinski definition) is 5. The number of nitrogens with zero attached hydrogens (tertiary/aromatic N) is 2. The molecule has 136 valence electrons. The minimum Gasteiger partial charge on any atom is -0.461 e. The Labute approximate surface area is 153 Å². The first-order chi connectivity index (χ1) is 11.9. The molecule has 1 aromatic carbocycles. The number of amides is 1. The van der Waals surface area contributed by atoms with Crippen molar-refractivity contribution < 1.29 is 14.3 Å². The molecule has 0 bridgehead atoms. The fourth-order valence-corrected chi connectivity index (χ4v) is 4.22. The molecule has 1 atom stereocenters. The van der Waals surface area contributed by atoms with Gasteiger partial charge in [-0.25, -0.2) is 0 Å². The smallest absolute Gasteiger partial charge is 0.312 e. The molecule has 0 radical (unpaired) electrons. The molecule has 0 saturated carbocycles. The van der Waals surface area contributed by atoms with Crippen LogP contribution in [0.5, 0.6) is 0 Å². The Hall–Kier alpha value is -1.53. The summed E-state index contributed by atoms with van der Waals surface area (Å²) in [4.78, 5) is 30.2. The number of rotatable bonds is 4. The number of ether oxygens (including phenoxy) is 1. The standard InChI is InChI=1S/C19H26N2O3S/c1-20(2)13-15-12-19(18(23)24-15)8-10-21(11-9-19)17(22)14-4-6-16(25-3)7-5-14/h4-7,15H,8-13H2,1-3H3. The maximum atomic E-state index is 12.7. The van der Waals surface area contributed by atoms with Gasteiger partial charge in [-0.05, 0) is 57.5 Å².